The van der Waals surface area contributed by atoms with Crippen molar-refractivity contribution in [2.45, 2.75) is 119 Å². The van der Waals surface area contributed by atoms with Crippen LogP contribution in [-0.2, 0) is 42.9 Å². The van der Waals surface area contributed by atoms with E-state index in [1.54, 1.807) is 22.8 Å². The first-order valence-corrected chi connectivity index (χ1v) is 31.2. The maximum Gasteiger partial charge on any atom is 0.261 e. The molecule has 0 aliphatic carbocycles. The van der Waals surface area contributed by atoms with E-state index in [1.807, 2.05) is 12.1 Å². The summed E-state index contributed by atoms with van der Waals surface area (Å²) >= 11 is 1.36. The molecule has 502 valence electrons. The molecule has 2 aromatic heterocycles. The second kappa shape index (κ2) is 30.3. The van der Waals surface area contributed by atoms with Gasteiger partial charge >= 0.3 is 0 Å². The van der Waals surface area contributed by atoms with Crippen molar-refractivity contribution in [2.24, 2.45) is 11.7 Å². The number of piperazine rings is 1. The number of aromatic nitrogens is 3. The van der Waals surface area contributed by atoms with Crippen LogP contribution < -0.4 is 41.4 Å². The molecular weight excluding hydrogens is 1260 g/mol. The number of nitrogens with one attached hydrogen (secondary N) is 5. The number of β-amino-alcohol motifs (C(OH)–C–C–N with tert-alkyl or cyclic N) is 1. The molecule has 35 heteroatoms. The van der Waals surface area contributed by atoms with E-state index >= 15 is 0 Å². The third-order valence-electron chi connectivity index (χ3n) is 16.7. The Hall–Kier alpha value is -8.17. The lowest BCUT2D eigenvalue weighted by molar-refractivity contribution is -0.433. The van der Waals surface area contributed by atoms with Gasteiger partial charge in [0.1, 0.15) is 53.5 Å². The molecule has 5 aromatic rings. The van der Waals surface area contributed by atoms with Gasteiger partial charge in [-0.15, -0.1) is 0 Å². The highest BCUT2D eigenvalue weighted by atomic mass is 32.2. The number of rotatable bonds is 17. The van der Waals surface area contributed by atoms with Crippen molar-refractivity contribution in [2.75, 3.05) is 57.3 Å². The fraction of sp³-hybridized carbons (Fsp3) is 0.483. The minimum Gasteiger partial charge on any atom is -0.504 e. The summed E-state index contributed by atoms with van der Waals surface area (Å²) in [6.07, 6.45) is -14.4. The quantitative estimate of drug-likeness (QED) is 0.0187. The number of anilines is 1. The molecule has 33 nitrogen and oxygen atoms in total. The topological polar surface area (TPSA) is 476 Å². The summed E-state index contributed by atoms with van der Waals surface area (Å²) in [5.41, 5.74) is 8.20. The zero-order chi connectivity index (χ0) is 67.1. The minimum atomic E-state index is -2.53. The first-order valence-electron chi connectivity index (χ1n) is 29.7. The predicted molar refractivity (Wildman–Crippen MR) is 327 cm³/mol. The fourth-order valence-corrected chi connectivity index (χ4v) is 12.7. The van der Waals surface area contributed by atoms with E-state index in [2.05, 4.69) is 64.8 Å². The van der Waals surface area contributed by atoms with E-state index in [9.17, 15) is 79.2 Å². The minimum absolute atomic E-state index is 0.00466. The Labute approximate surface area is 538 Å². The standard InChI is InChI=1S/C58H73N13O20S2/c1-4-67-15-17-68(18-16-67)33-12-9-31(10-13-33)55-66-71-26-37(62-58(71)92-55)29-5-7-30(8-6-29)50(81)61-36-20-34(73)23-60-54(85)46-47(78)27(2)24-70(46)57(87)44(40(76)22-42(59)77)64-53(84)45(49(80)48(79)32-11-14-39(75)41(19-32)89-93-91-90-88)65-52(83)38-21-35(74)25-69(38)56(86)43(28(3)72)63-51(36)82/h5-14,19,26-28,34-36,38,40,43-49,72-76,78-80,88H,4,15-18,20-25H2,1-3H3,(H2,59,77)(H,60,85)(H,61,81)(H,63,82)(H,64,84)(H,65,83). The van der Waals surface area contributed by atoms with Crippen molar-refractivity contribution in [1.82, 2.24) is 55.9 Å². The number of nitrogens with zero attached hydrogens (tertiary/aromatic N) is 7. The van der Waals surface area contributed by atoms with Gasteiger partial charge in [0.2, 0.25) is 46.3 Å². The molecule has 4 saturated heterocycles. The average Bonchev–Trinajstić information content (AvgIpc) is 2.02. The summed E-state index contributed by atoms with van der Waals surface area (Å²) in [6.45, 7) is 7.76. The number of carbonyl (C=O) groups is 8. The van der Waals surface area contributed by atoms with Crippen molar-refractivity contribution in [3.63, 3.8) is 0 Å². The third kappa shape index (κ3) is 16.1. The Morgan fingerprint density at radius 2 is 1.47 bits per heavy atom. The van der Waals surface area contributed by atoms with Crippen molar-refractivity contribution in [3.05, 3.63) is 84.1 Å². The van der Waals surface area contributed by atoms with Crippen LogP contribution in [0.4, 0.5) is 5.69 Å². The Balaban J connectivity index is 0.987. The van der Waals surface area contributed by atoms with Gasteiger partial charge in [-0.05, 0) is 67.6 Å². The first kappa shape index (κ1) is 69.2. The highest BCUT2D eigenvalue weighted by Crippen LogP contribution is 2.35. The molecule has 3 aromatic carbocycles. The molecule has 4 fully saturated rings. The average molecular weight is 1340 g/mol. The maximum absolute atomic E-state index is 14.7. The van der Waals surface area contributed by atoms with Crippen LogP contribution in [0.2, 0.25) is 0 Å². The van der Waals surface area contributed by atoms with Crippen LogP contribution in [0.5, 0.6) is 11.5 Å². The fourth-order valence-electron chi connectivity index (χ4n) is 11.6. The second-order valence-corrected chi connectivity index (χ2v) is 24.6. The van der Waals surface area contributed by atoms with Crippen LogP contribution in [-0.4, -0.2) is 248 Å². The van der Waals surface area contributed by atoms with Crippen LogP contribution >= 0.6 is 23.7 Å². The van der Waals surface area contributed by atoms with E-state index < -0.39 is 183 Å². The molecular formula is C58H73N13O20S2. The number of hydrogen-bond donors (Lipinski definition) is 15. The number of carbonyl (C=O) groups excluding carboxylic acids is 8. The molecule has 0 radical (unpaired) electrons. The van der Waals surface area contributed by atoms with Crippen LogP contribution in [0, 0.1) is 5.92 Å². The molecule has 16 N–H and O–H groups in total. The molecule has 0 bridgehead atoms. The Morgan fingerprint density at radius 3 is 2.13 bits per heavy atom. The van der Waals surface area contributed by atoms with E-state index in [1.165, 1.54) is 30.4 Å². The van der Waals surface area contributed by atoms with Gasteiger partial charge in [-0.3, -0.25) is 38.4 Å². The molecule has 8 amide bonds. The number of phenolic OH excluding ortho intramolecular Hbond substituents is 1. The zero-order valence-corrected chi connectivity index (χ0v) is 52.0. The van der Waals surface area contributed by atoms with Crippen molar-refractivity contribution < 1.29 is 98.0 Å². The van der Waals surface area contributed by atoms with Gasteiger partial charge in [0.25, 0.3) is 18.2 Å². The summed E-state index contributed by atoms with van der Waals surface area (Å²) in [7, 11) is 0. The molecule has 6 heterocycles. The van der Waals surface area contributed by atoms with Crippen LogP contribution in [0.3, 0.4) is 0 Å². The van der Waals surface area contributed by atoms with Crippen LogP contribution in [0.25, 0.3) is 26.8 Å². The van der Waals surface area contributed by atoms with Crippen molar-refractivity contribution in [1.29, 1.82) is 0 Å². The summed E-state index contributed by atoms with van der Waals surface area (Å²) in [6, 6.07) is 4.94. The zero-order valence-electron chi connectivity index (χ0n) is 50.3. The highest BCUT2D eigenvalue weighted by molar-refractivity contribution is 7.90. The van der Waals surface area contributed by atoms with E-state index in [0.717, 1.165) is 83.9 Å². The van der Waals surface area contributed by atoms with Gasteiger partial charge in [-0.2, -0.15) is 5.10 Å². The summed E-state index contributed by atoms with van der Waals surface area (Å²) in [5.74, 6) is -11.9. The number of amides is 8. The number of aliphatic hydroxyl groups excluding tert-OH is 7. The lowest BCUT2D eigenvalue weighted by Gasteiger charge is -2.35. The maximum atomic E-state index is 14.7. The van der Waals surface area contributed by atoms with Crippen molar-refractivity contribution in [3.8, 4) is 33.3 Å². The molecule has 4 aliphatic heterocycles. The van der Waals surface area contributed by atoms with Gasteiger partial charge in [0.15, 0.2) is 11.5 Å². The van der Waals surface area contributed by atoms with Gasteiger partial charge < -0.3 is 97.0 Å². The number of aliphatic hydroxyl groups is 7. The first-order chi connectivity index (χ1) is 44.3. The van der Waals surface area contributed by atoms with Crippen molar-refractivity contribution >= 4 is 81.6 Å². The lowest BCUT2D eigenvalue weighted by Crippen LogP contribution is -2.64. The van der Waals surface area contributed by atoms with Gasteiger partial charge in [-0.1, -0.05) is 52.8 Å². The van der Waals surface area contributed by atoms with Crippen LogP contribution in [0.1, 0.15) is 62.1 Å². The number of primary amides is 1. The summed E-state index contributed by atoms with van der Waals surface area (Å²) < 4.78 is 10.9. The molecule has 9 rings (SSSR count). The Morgan fingerprint density at radius 1 is 0.806 bits per heavy atom. The molecule has 4 aliphatic rings. The number of aromatic hydroxyl groups is 1. The van der Waals surface area contributed by atoms with Crippen LogP contribution in [0.15, 0.2) is 72.9 Å². The Kier molecular flexibility index (Phi) is 22.5. The number of fused-ring (bicyclic) bond motifs is 3. The number of nitrogens with two attached hydrogens (primary N) is 1. The summed E-state index contributed by atoms with van der Waals surface area (Å²) in [5, 5.41) is 120. The summed E-state index contributed by atoms with van der Waals surface area (Å²) in [4.78, 5) is 125. The lowest BCUT2D eigenvalue weighted by atomic mass is 9.96. The molecule has 0 saturated carbocycles. The number of phenols is 1. The molecule has 0 spiro atoms. The SMILES string of the molecule is CCN1CCN(c2ccc(-c3nn4cc(-c5ccc(C(=O)NC6CC(O)CNC(=O)C7C(O)C(C)CN7C(=O)C(C(O)CC(N)=O)NC(=O)C(C(O)C(O)c7ccc(O)c(OSOOO)c7)NC(=O)C7CC(O)CN7C(=O)C(C(C)O)NC6=O)cc5)nc4s3)cc2)CC1. The van der Waals surface area contributed by atoms with Gasteiger partial charge in [0, 0.05) is 87.0 Å². The van der Waals surface area contributed by atoms with E-state index in [0.29, 0.717) is 16.2 Å². The smallest absolute Gasteiger partial charge is 0.261 e. The molecule has 14 unspecified atom stereocenters. The number of hydrogen-bond acceptors (Lipinski definition) is 26. The second-order valence-electron chi connectivity index (χ2n) is 23.2. The van der Waals surface area contributed by atoms with Gasteiger partial charge in [-0.25, -0.2) is 14.8 Å². The number of likely N-dealkylation sites (N-methyl/N-ethyl adjacent to an activating group) is 1. The highest BCUT2D eigenvalue weighted by Gasteiger charge is 2.50. The monoisotopic (exact) mass is 1340 g/mol. The predicted octanol–water partition coefficient (Wildman–Crippen LogP) is -3.35. The van der Waals surface area contributed by atoms with E-state index in [4.69, 9.17) is 25.3 Å². The normalized spacial score (nSPS) is 26.2. The number of imidazole rings is 1. The molecule has 14 atom stereocenters. The number of benzene rings is 3. The van der Waals surface area contributed by atoms with E-state index in [-0.39, 0.29) is 23.5 Å². The third-order valence-corrected chi connectivity index (χ3v) is 18.1. The largest absolute Gasteiger partial charge is 0.504 e. The van der Waals surface area contributed by atoms with Gasteiger partial charge in [0.05, 0.1) is 48.8 Å². The molecule has 93 heavy (non-hydrogen) atoms. The Bertz CT molecular complexity index is 3490.